The Labute approximate surface area is 157 Å². The molecule has 0 saturated heterocycles. The molecule has 2 aromatic rings. The fourth-order valence-electron chi connectivity index (χ4n) is 2.64. The van der Waals surface area contributed by atoms with E-state index >= 15 is 0 Å². The van der Waals surface area contributed by atoms with Crippen molar-refractivity contribution in [2.75, 3.05) is 19.8 Å². The Balaban J connectivity index is 1.84. The molecule has 3 nitrogen and oxygen atoms in total. The maximum Gasteiger partial charge on any atom is 0.0885 e. The Bertz CT molecular complexity index is 622. The van der Waals surface area contributed by atoms with Crippen LogP contribution in [-0.4, -0.2) is 25.9 Å². The van der Waals surface area contributed by atoms with Gasteiger partial charge in [-0.1, -0.05) is 80.6 Å². The van der Waals surface area contributed by atoms with Crippen LogP contribution in [0, 0.1) is 5.41 Å². The van der Waals surface area contributed by atoms with E-state index in [1.54, 1.807) is 6.08 Å². The van der Waals surface area contributed by atoms with E-state index in [0.717, 1.165) is 5.56 Å². The van der Waals surface area contributed by atoms with Crippen LogP contribution in [0.4, 0.5) is 0 Å². The average Bonchev–Trinajstić information content (AvgIpc) is 2.66. The molecule has 140 valence electrons. The van der Waals surface area contributed by atoms with E-state index in [1.165, 1.54) is 5.56 Å². The molecule has 0 spiro atoms. The van der Waals surface area contributed by atoms with Crippen molar-refractivity contribution in [1.29, 1.82) is 0 Å². The van der Waals surface area contributed by atoms with Crippen LogP contribution in [0.15, 0.2) is 73.3 Å². The first-order valence-corrected chi connectivity index (χ1v) is 9.07. The molecule has 0 heterocycles. The Kier molecular flexibility index (Phi) is 8.56. The van der Waals surface area contributed by atoms with Gasteiger partial charge in [0.1, 0.15) is 0 Å². The maximum atomic E-state index is 5.97. The summed E-state index contributed by atoms with van der Waals surface area (Å²) in [4.78, 5) is 0. The Morgan fingerprint density at radius 2 is 1.42 bits per heavy atom. The van der Waals surface area contributed by atoms with E-state index in [9.17, 15) is 0 Å². The van der Waals surface area contributed by atoms with Crippen LogP contribution in [0.1, 0.15) is 25.0 Å². The van der Waals surface area contributed by atoms with E-state index in [-0.39, 0.29) is 11.5 Å². The zero-order chi connectivity index (χ0) is 18.7. The summed E-state index contributed by atoms with van der Waals surface area (Å²) < 4.78 is 17.8. The third kappa shape index (κ3) is 7.12. The molecule has 0 aliphatic heterocycles. The van der Waals surface area contributed by atoms with Crippen molar-refractivity contribution in [3.8, 4) is 0 Å². The Morgan fingerprint density at radius 1 is 0.885 bits per heavy atom. The van der Waals surface area contributed by atoms with Crippen LogP contribution in [-0.2, 0) is 27.4 Å². The lowest BCUT2D eigenvalue weighted by Gasteiger charge is -2.33. The van der Waals surface area contributed by atoms with Crippen molar-refractivity contribution in [3.63, 3.8) is 0 Å². The number of ether oxygens (including phenoxy) is 3. The van der Waals surface area contributed by atoms with Crippen molar-refractivity contribution in [2.24, 2.45) is 5.41 Å². The summed E-state index contributed by atoms with van der Waals surface area (Å²) in [7, 11) is 0. The molecule has 0 bridgehead atoms. The Hall–Kier alpha value is -1.94. The molecule has 1 atom stereocenters. The van der Waals surface area contributed by atoms with E-state index < -0.39 is 0 Å². The summed E-state index contributed by atoms with van der Waals surface area (Å²) in [5.41, 5.74) is 2.16. The minimum atomic E-state index is -0.172. The lowest BCUT2D eigenvalue weighted by atomic mass is 9.87. The number of hydrogen-bond acceptors (Lipinski definition) is 3. The van der Waals surface area contributed by atoms with Crippen molar-refractivity contribution < 1.29 is 14.2 Å². The van der Waals surface area contributed by atoms with Crippen LogP contribution in [0.5, 0.6) is 0 Å². The average molecular weight is 354 g/mol. The van der Waals surface area contributed by atoms with Gasteiger partial charge in [0.2, 0.25) is 0 Å². The van der Waals surface area contributed by atoms with Crippen LogP contribution in [0.3, 0.4) is 0 Å². The summed E-state index contributed by atoms with van der Waals surface area (Å²) in [6.07, 6.45) is 1.70. The number of rotatable bonds is 12. The first-order valence-electron chi connectivity index (χ1n) is 9.07. The summed E-state index contributed by atoms with van der Waals surface area (Å²) >= 11 is 0. The van der Waals surface area contributed by atoms with Crippen molar-refractivity contribution in [2.45, 2.75) is 33.2 Å². The summed E-state index contributed by atoms with van der Waals surface area (Å²) in [6.45, 7) is 10.8. The van der Waals surface area contributed by atoms with Crippen molar-refractivity contribution >= 4 is 0 Å². The highest BCUT2D eigenvalue weighted by molar-refractivity contribution is 5.14. The van der Waals surface area contributed by atoms with Crippen LogP contribution in [0.2, 0.25) is 0 Å². The fraction of sp³-hybridized carbons (Fsp3) is 0.391. The summed E-state index contributed by atoms with van der Waals surface area (Å²) in [5.74, 6) is 0. The van der Waals surface area contributed by atoms with Gasteiger partial charge in [0, 0.05) is 5.41 Å². The van der Waals surface area contributed by atoms with Gasteiger partial charge in [-0.05, 0) is 11.1 Å². The van der Waals surface area contributed by atoms with Crippen molar-refractivity contribution in [1.82, 2.24) is 0 Å². The minimum Gasteiger partial charge on any atom is -0.376 e. The predicted molar refractivity (Wildman–Crippen MR) is 106 cm³/mol. The summed E-state index contributed by atoms with van der Waals surface area (Å²) in [5, 5.41) is 0. The second-order valence-corrected chi connectivity index (χ2v) is 7.08. The quantitative estimate of drug-likeness (QED) is 0.501. The topological polar surface area (TPSA) is 27.7 Å². The normalized spacial score (nSPS) is 12.7. The molecular weight excluding hydrogens is 324 g/mol. The van der Waals surface area contributed by atoms with E-state index in [2.05, 4.69) is 44.7 Å². The molecule has 1 unspecified atom stereocenters. The van der Waals surface area contributed by atoms with Crippen LogP contribution < -0.4 is 0 Å². The fourth-order valence-corrected chi connectivity index (χ4v) is 2.64. The third-order valence-corrected chi connectivity index (χ3v) is 4.25. The highest BCUT2D eigenvalue weighted by atomic mass is 16.5. The standard InChI is InChI=1S/C23H30O3/c1-4-15-26-22(18-24-16-20-11-7-5-8-12-20)23(2,3)19-25-17-21-13-9-6-10-14-21/h4-14,22H,1,15-19H2,2-3H3. The molecule has 0 fully saturated rings. The van der Waals surface area contributed by atoms with Crippen LogP contribution >= 0.6 is 0 Å². The molecule has 26 heavy (non-hydrogen) atoms. The van der Waals surface area contributed by atoms with Gasteiger partial charge < -0.3 is 14.2 Å². The number of benzene rings is 2. The van der Waals surface area contributed by atoms with Gasteiger partial charge in [-0.15, -0.1) is 6.58 Å². The van der Waals surface area contributed by atoms with E-state index in [0.29, 0.717) is 33.0 Å². The minimum absolute atomic E-state index is 0.0695. The summed E-state index contributed by atoms with van der Waals surface area (Å²) in [6, 6.07) is 20.4. The molecule has 2 aromatic carbocycles. The molecular formula is C23H30O3. The van der Waals surface area contributed by atoms with Gasteiger partial charge in [0.05, 0.1) is 39.1 Å². The molecule has 2 rings (SSSR count). The van der Waals surface area contributed by atoms with Gasteiger partial charge in [-0.25, -0.2) is 0 Å². The molecule has 0 radical (unpaired) electrons. The largest absolute Gasteiger partial charge is 0.376 e. The second kappa shape index (κ2) is 10.9. The zero-order valence-corrected chi connectivity index (χ0v) is 15.9. The molecule has 3 heteroatoms. The highest BCUT2D eigenvalue weighted by Gasteiger charge is 2.31. The van der Waals surface area contributed by atoms with Gasteiger partial charge >= 0.3 is 0 Å². The van der Waals surface area contributed by atoms with Crippen molar-refractivity contribution in [3.05, 3.63) is 84.4 Å². The molecule has 0 aliphatic rings. The van der Waals surface area contributed by atoms with Gasteiger partial charge in [0.25, 0.3) is 0 Å². The van der Waals surface area contributed by atoms with Gasteiger partial charge in [0.15, 0.2) is 0 Å². The van der Waals surface area contributed by atoms with E-state index in [1.807, 2.05) is 36.4 Å². The SMILES string of the molecule is C=CCOC(COCc1ccccc1)C(C)(C)COCc1ccccc1. The highest BCUT2D eigenvalue weighted by Crippen LogP contribution is 2.25. The van der Waals surface area contributed by atoms with Crippen LogP contribution in [0.25, 0.3) is 0 Å². The maximum absolute atomic E-state index is 5.97. The molecule has 0 aliphatic carbocycles. The monoisotopic (exact) mass is 354 g/mol. The first-order chi connectivity index (χ1) is 12.6. The lowest BCUT2D eigenvalue weighted by molar-refractivity contribution is -0.0982. The third-order valence-electron chi connectivity index (χ3n) is 4.25. The van der Waals surface area contributed by atoms with E-state index in [4.69, 9.17) is 14.2 Å². The Morgan fingerprint density at radius 3 is 1.96 bits per heavy atom. The first kappa shape index (κ1) is 20.4. The zero-order valence-electron chi connectivity index (χ0n) is 15.9. The van der Waals surface area contributed by atoms with Gasteiger partial charge in [-0.2, -0.15) is 0 Å². The molecule has 0 amide bonds. The molecule has 0 N–H and O–H groups in total. The smallest absolute Gasteiger partial charge is 0.0885 e. The molecule has 0 saturated carbocycles. The van der Waals surface area contributed by atoms with Gasteiger partial charge in [-0.3, -0.25) is 0 Å². The molecule has 0 aromatic heterocycles. The number of hydrogen-bond donors (Lipinski definition) is 0. The predicted octanol–water partition coefficient (Wildman–Crippen LogP) is 5.02. The second-order valence-electron chi connectivity index (χ2n) is 7.08. The lowest BCUT2D eigenvalue weighted by Crippen LogP contribution is -2.39.